The van der Waals surface area contributed by atoms with Crippen molar-refractivity contribution in [3.05, 3.63) is 101 Å². The second kappa shape index (κ2) is 9.83. The zero-order valence-corrected chi connectivity index (χ0v) is 19.9. The van der Waals surface area contributed by atoms with E-state index in [4.69, 9.17) is 11.6 Å². The topological polar surface area (TPSA) is 73.0 Å². The number of hydrogen-bond donors (Lipinski definition) is 1. The minimum absolute atomic E-state index is 0.0793. The van der Waals surface area contributed by atoms with E-state index in [1.807, 2.05) is 23.1 Å². The van der Waals surface area contributed by atoms with Crippen molar-refractivity contribution in [1.82, 2.24) is 4.90 Å². The van der Waals surface area contributed by atoms with Gasteiger partial charge in [-0.2, -0.15) is 0 Å². The van der Waals surface area contributed by atoms with Crippen molar-refractivity contribution in [1.29, 1.82) is 0 Å². The quantitative estimate of drug-likeness (QED) is 0.527. The van der Waals surface area contributed by atoms with Crippen molar-refractivity contribution in [2.24, 2.45) is 0 Å². The molecule has 0 atom stereocenters. The third-order valence-corrected chi connectivity index (χ3v) is 6.56. The Morgan fingerprint density at radius 1 is 0.806 bits per heavy atom. The first-order valence-electron chi connectivity index (χ1n) is 11.4. The minimum Gasteiger partial charge on any atom is -0.368 e. The number of benzene rings is 3. The number of carbonyl (C=O) groups is 3. The Balaban J connectivity index is 1.24. The first-order valence-corrected chi connectivity index (χ1v) is 11.8. The lowest BCUT2D eigenvalue weighted by Gasteiger charge is -2.36. The molecule has 3 aromatic rings. The third kappa shape index (κ3) is 4.43. The first kappa shape index (κ1) is 23.6. The number of anilines is 3. The van der Waals surface area contributed by atoms with Gasteiger partial charge in [0, 0.05) is 43.1 Å². The molecule has 0 spiro atoms. The highest BCUT2D eigenvalue weighted by Crippen LogP contribution is 2.31. The van der Waals surface area contributed by atoms with Gasteiger partial charge in [-0.1, -0.05) is 41.9 Å². The summed E-state index contributed by atoms with van der Waals surface area (Å²) in [7, 11) is 0. The van der Waals surface area contributed by atoms with Crippen LogP contribution in [0.3, 0.4) is 0 Å². The highest BCUT2D eigenvalue weighted by molar-refractivity contribution is 6.53. The van der Waals surface area contributed by atoms with Crippen LogP contribution in [0.4, 0.5) is 21.5 Å². The average molecular weight is 505 g/mol. The Morgan fingerprint density at radius 2 is 1.44 bits per heavy atom. The van der Waals surface area contributed by atoms with Crippen LogP contribution in [0.5, 0.6) is 0 Å². The van der Waals surface area contributed by atoms with Gasteiger partial charge in [0.2, 0.25) is 0 Å². The molecule has 1 N–H and O–H groups in total. The second-order valence-electron chi connectivity index (χ2n) is 8.40. The molecule has 1 saturated heterocycles. The number of nitrogens with zero attached hydrogens (tertiary/aromatic N) is 3. The number of piperazine rings is 1. The molecule has 5 rings (SSSR count). The number of carbonyl (C=O) groups excluding carboxylic acids is 3. The van der Waals surface area contributed by atoms with Crippen LogP contribution in [-0.4, -0.2) is 48.8 Å². The van der Waals surface area contributed by atoms with Crippen molar-refractivity contribution in [2.75, 3.05) is 41.3 Å². The van der Waals surface area contributed by atoms with Crippen LogP contribution in [0.1, 0.15) is 10.4 Å². The maximum absolute atomic E-state index is 14.2. The number of imide groups is 1. The predicted octanol–water partition coefficient (Wildman–Crippen LogP) is 4.22. The molecule has 0 unspecified atom stereocenters. The lowest BCUT2D eigenvalue weighted by molar-refractivity contribution is -0.120. The van der Waals surface area contributed by atoms with Gasteiger partial charge < -0.3 is 15.1 Å². The van der Waals surface area contributed by atoms with Crippen molar-refractivity contribution in [3.63, 3.8) is 0 Å². The van der Waals surface area contributed by atoms with Gasteiger partial charge in [0.25, 0.3) is 17.7 Å². The molecule has 0 bridgehead atoms. The van der Waals surface area contributed by atoms with Crippen molar-refractivity contribution < 1.29 is 18.8 Å². The van der Waals surface area contributed by atoms with E-state index in [9.17, 15) is 18.8 Å². The maximum Gasteiger partial charge on any atom is 0.283 e. The largest absolute Gasteiger partial charge is 0.368 e. The van der Waals surface area contributed by atoms with E-state index < -0.39 is 17.6 Å². The molecule has 2 heterocycles. The summed E-state index contributed by atoms with van der Waals surface area (Å²) in [5, 5.41) is 2.51. The Morgan fingerprint density at radius 3 is 2.11 bits per heavy atom. The molecule has 3 amide bonds. The number of para-hydroxylation sites is 2. The molecular weight excluding hydrogens is 483 g/mol. The van der Waals surface area contributed by atoms with Crippen LogP contribution in [0.25, 0.3) is 0 Å². The lowest BCUT2D eigenvalue weighted by Crippen LogP contribution is -2.48. The Hall–Kier alpha value is -4.17. The van der Waals surface area contributed by atoms with Gasteiger partial charge in [-0.25, -0.2) is 9.29 Å². The van der Waals surface area contributed by atoms with Gasteiger partial charge in [-0.15, -0.1) is 0 Å². The SMILES string of the molecule is O=C(c1ccc(NC2=C(Cl)C(=O)N(c3ccccc3F)C2=O)cc1)N1CCN(c2ccccc2)CC1. The van der Waals surface area contributed by atoms with E-state index >= 15 is 0 Å². The van der Waals surface area contributed by atoms with E-state index in [0.29, 0.717) is 29.2 Å². The zero-order chi connectivity index (χ0) is 25.2. The van der Waals surface area contributed by atoms with E-state index in [0.717, 1.165) is 24.8 Å². The van der Waals surface area contributed by atoms with Gasteiger partial charge in [0.05, 0.1) is 5.69 Å². The highest BCUT2D eigenvalue weighted by atomic mass is 35.5. The lowest BCUT2D eigenvalue weighted by atomic mass is 10.1. The van der Waals surface area contributed by atoms with Crippen molar-refractivity contribution in [3.8, 4) is 0 Å². The van der Waals surface area contributed by atoms with Crippen LogP contribution < -0.4 is 15.1 Å². The fourth-order valence-corrected chi connectivity index (χ4v) is 4.51. The van der Waals surface area contributed by atoms with Crippen LogP contribution >= 0.6 is 11.6 Å². The highest BCUT2D eigenvalue weighted by Gasteiger charge is 2.40. The van der Waals surface area contributed by atoms with Gasteiger partial charge >= 0.3 is 0 Å². The molecular formula is C27H22ClFN4O3. The summed E-state index contributed by atoms with van der Waals surface area (Å²) in [6, 6.07) is 22.1. The number of halogens is 2. The van der Waals surface area contributed by atoms with Crippen molar-refractivity contribution >= 4 is 46.4 Å². The fourth-order valence-electron chi connectivity index (χ4n) is 4.29. The molecule has 0 saturated carbocycles. The standard InChI is InChI=1S/C27H22ClFN4O3/c28-23-24(27(36)33(26(23)35)22-9-5-4-8-21(22)29)30-19-12-10-18(11-13-19)25(34)32-16-14-31(15-17-32)20-6-2-1-3-7-20/h1-13,30H,14-17H2. The smallest absolute Gasteiger partial charge is 0.283 e. The second-order valence-corrected chi connectivity index (χ2v) is 8.78. The molecule has 36 heavy (non-hydrogen) atoms. The monoisotopic (exact) mass is 504 g/mol. The summed E-state index contributed by atoms with van der Waals surface area (Å²) < 4.78 is 14.2. The zero-order valence-electron chi connectivity index (χ0n) is 19.2. The Labute approximate surface area is 212 Å². The minimum atomic E-state index is -0.810. The summed E-state index contributed by atoms with van der Waals surface area (Å²) in [5.41, 5.74) is 1.79. The van der Waals surface area contributed by atoms with Gasteiger partial charge in [-0.3, -0.25) is 14.4 Å². The van der Waals surface area contributed by atoms with E-state index in [1.54, 1.807) is 24.3 Å². The molecule has 0 aliphatic carbocycles. The first-order chi connectivity index (χ1) is 17.4. The summed E-state index contributed by atoms with van der Waals surface area (Å²) >= 11 is 6.13. The molecule has 2 aliphatic heterocycles. The molecule has 7 nitrogen and oxygen atoms in total. The molecule has 1 fully saturated rings. The van der Waals surface area contributed by atoms with E-state index in [2.05, 4.69) is 22.3 Å². The normalized spacial score (nSPS) is 16.1. The maximum atomic E-state index is 14.2. The van der Waals surface area contributed by atoms with Gasteiger partial charge in [-0.05, 0) is 48.5 Å². The average Bonchev–Trinajstić information content (AvgIpc) is 3.12. The Kier molecular flexibility index (Phi) is 6.43. The summed E-state index contributed by atoms with van der Waals surface area (Å²) in [6.07, 6.45) is 0. The van der Waals surface area contributed by atoms with Gasteiger partial charge in [0.15, 0.2) is 0 Å². The number of rotatable bonds is 5. The number of amides is 3. The molecule has 0 aromatic heterocycles. The van der Waals surface area contributed by atoms with E-state index in [-0.39, 0.29) is 22.3 Å². The summed E-state index contributed by atoms with van der Waals surface area (Å²) in [6.45, 7) is 2.71. The molecule has 9 heteroatoms. The van der Waals surface area contributed by atoms with Crippen molar-refractivity contribution in [2.45, 2.75) is 0 Å². The van der Waals surface area contributed by atoms with Crippen LogP contribution in [0.15, 0.2) is 89.6 Å². The fraction of sp³-hybridized carbons (Fsp3) is 0.148. The summed E-state index contributed by atoms with van der Waals surface area (Å²) in [5.74, 6) is -2.36. The van der Waals surface area contributed by atoms with E-state index in [1.165, 1.54) is 18.2 Å². The van der Waals surface area contributed by atoms with Crippen LogP contribution in [0.2, 0.25) is 0 Å². The van der Waals surface area contributed by atoms with Gasteiger partial charge in [0.1, 0.15) is 16.5 Å². The number of nitrogens with one attached hydrogen (secondary N) is 1. The molecule has 2 aliphatic rings. The van der Waals surface area contributed by atoms with Crippen LogP contribution in [0, 0.1) is 5.82 Å². The molecule has 3 aromatic carbocycles. The summed E-state index contributed by atoms with van der Waals surface area (Å²) in [4.78, 5) is 43.2. The molecule has 182 valence electrons. The predicted molar refractivity (Wildman–Crippen MR) is 136 cm³/mol. The third-order valence-electron chi connectivity index (χ3n) is 6.21. The van der Waals surface area contributed by atoms with Crippen LogP contribution in [-0.2, 0) is 9.59 Å². The Bertz CT molecular complexity index is 1350. The number of hydrogen-bond acceptors (Lipinski definition) is 5. The molecule has 0 radical (unpaired) electrons.